The van der Waals surface area contributed by atoms with Crippen LogP contribution in [0.1, 0.15) is 11.1 Å². The number of nitrogens with one attached hydrogen (secondary N) is 1. The van der Waals surface area contributed by atoms with Gasteiger partial charge in [-0.05, 0) is 61.4 Å². The number of nitrogens with zero attached hydrogens (tertiary/aromatic N) is 2. The molecule has 0 spiro atoms. The van der Waals surface area contributed by atoms with Gasteiger partial charge in [0, 0.05) is 16.6 Å². The second-order valence-electron chi connectivity index (χ2n) is 7.62. The molecule has 2 aromatic carbocycles. The monoisotopic (exact) mass is 447 g/mol. The summed E-state index contributed by atoms with van der Waals surface area (Å²) >= 11 is 1.37. The van der Waals surface area contributed by atoms with Crippen LogP contribution in [0, 0.1) is 19.7 Å². The van der Waals surface area contributed by atoms with Crippen molar-refractivity contribution in [3.8, 4) is 0 Å². The molecular formula is C21H22FN3O3S2. The zero-order valence-corrected chi connectivity index (χ0v) is 18.3. The number of carbonyl (C=O) groups is 1. The molecule has 2 atom stereocenters. The van der Waals surface area contributed by atoms with Gasteiger partial charge in [-0.15, -0.1) is 0 Å². The van der Waals surface area contributed by atoms with Gasteiger partial charge in [0.05, 0.1) is 17.5 Å². The first-order valence-corrected chi connectivity index (χ1v) is 12.3. The molecule has 2 aliphatic rings. The number of fused-ring (bicyclic) bond motifs is 1. The fourth-order valence-electron chi connectivity index (χ4n) is 3.52. The quantitative estimate of drug-likeness (QED) is 0.779. The largest absolute Gasteiger partial charge is 0.325 e. The minimum atomic E-state index is -3.07. The second kappa shape index (κ2) is 8.03. The molecule has 0 aromatic heterocycles. The number of hydrogen-bond acceptors (Lipinski definition) is 6. The highest BCUT2D eigenvalue weighted by Crippen LogP contribution is 2.36. The maximum atomic E-state index is 13.4. The SMILES string of the molecule is Cc1ccc(NC(=O)CN(C2=NC3CS(=O)(=O)CC3S2)c2ccc(F)cc2)cc1C. The highest BCUT2D eigenvalue weighted by atomic mass is 32.2. The van der Waals surface area contributed by atoms with Crippen molar-refractivity contribution in [1.82, 2.24) is 0 Å². The third-order valence-electron chi connectivity index (χ3n) is 5.27. The van der Waals surface area contributed by atoms with Gasteiger partial charge in [-0.25, -0.2) is 12.8 Å². The van der Waals surface area contributed by atoms with Gasteiger partial charge in [0.1, 0.15) is 12.4 Å². The Morgan fingerprint density at radius 3 is 2.57 bits per heavy atom. The van der Waals surface area contributed by atoms with Crippen molar-refractivity contribution in [2.75, 3.05) is 28.3 Å². The molecular weight excluding hydrogens is 425 g/mol. The molecule has 30 heavy (non-hydrogen) atoms. The van der Waals surface area contributed by atoms with E-state index in [1.54, 1.807) is 17.0 Å². The number of carbonyl (C=O) groups excluding carboxylic acids is 1. The van der Waals surface area contributed by atoms with E-state index in [0.29, 0.717) is 16.5 Å². The lowest BCUT2D eigenvalue weighted by atomic mass is 10.1. The van der Waals surface area contributed by atoms with Gasteiger partial charge in [-0.1, -0.05) is 17.8 Å². The summed E-state index contributed by atoms with van der Waals surface area (Å²) in [7, 11) is -3.07. The standard InChI is InChI=1S/C21H22FN3O3S2/c1-13-3-6-16(9-14(13)2)23-20(26)10-25(17-7-4-15(22)5-8-17)21-24-18-11-30(27,28)12-19(18)29-21/h3-9,18-19H,10-12H2,1-2H3,(H,23,26). The van der Waals surface area contributed by atoms with E-state index in [-0.39, 0.29) is 41.1 Å². The summed E-state index contributed by atoms with van der Waals surface area (Å²) in [6.07, 6.45) is 0. The van der Waals surface area contributed by atoms with Crippen molar-refractivity contribution in [2.45, 2.75) is 25.1 Å². The van der Waals surface area contributed by atoms with Crippen molar-refractivity contribution < 1.29 is 17.6 Å². The predicted octanol–water partition coefficient (Wildman–Crippen LogP) is 3.16. The Hall–Kier alpha value is -2.39. The zero-order valence-electron chi connectivity index (χ0n) is 16.6. The Morgan fingerprint density at radius 2 is 1.90 bits per heavy atom. The van der Waals surface area contributed by atoms with E-state index in [1.807, 2.05) is 32.0 Å². The molecule has 1 fully saturated rings. The number of aliphatic imine (C=N–C) groups is 1. The van der Waals surface area contributed by atoms with Gasteiger partial charge in [-0.3, -0.25) is 9.79 Å². The average molecular weight is 448 g/mol. The fraction of sp³-hybridized carbons (Fsp3) is 0.333. The number of hydrogen-bond donors (Lipinski definition) is 1. The molecule has 2 unspecified atom stereocenters. The van der Waals surface area contributed by atoms with E-state index < -0.39 is 9.84 Å². The van der Waals surface area contributed by atoms with Crippen LogP contribution in [0.4, 0.5) is 15.8 Å². The van der Waals surface area contributed by atoms with E-state index in [2.05, 4.69) is 10.3 Å². The van der Waals surface area contributed by atoms with Gasteiger partial charge in [0.2, 0.25) is 5.91 Å². The van der Waals surface area contributed by atoms with Gasteiger partial charge < -0.3 is 10.2 Å². The van der Waals surface area contributed by atoms with Crippen LogP contribution >= 0.6 is 11.8 Å². The number of amides is 1. The molecule has 0 radical (unpaired) electrons. The van der Waals surface area contributed by atoms with Crippen LogP contribution < -0.4 is 10.2 Å². The highest BCUT2D eigenvalue weighted by molar-refractivity contribution is 8.15. The molecule has 2 aromatic rings. The first kappa shape index (κ1) is 20.9. The normalized spacial score (nSPS) is 21.8. The lowest BCUT2D eigenvalue weighted by Crippen LogP contribution is -2.36. The average Bonchev–Trinajstić information content (AvgIpc) is 3.17. The molecule has 4 rings (SSSR count). The predicted molar refractivity (Wildman–Crippen MR) is 120 cm³/mol. The Labute approximate surface area is 179 Å². The van der Waals surface area contributed by atoms with E-state index in [4.69, 9.17) is 0 Å². The van der Waals surface area contributed by atoms with Crippen molar-refractivity contribution in [3.05, 3.63) is 59.4 Å². The van der Waals surface area contributed by atoms with E-state index >= 15 is 0 Å². The highest BCUT2D eigenvalue weighted by Gasteiger charge is 2.44. The minimum Gasteiger partial charge on any atom is -0.325 e. The van der Waals surface area contributed by atoms with Crippen LogP contribution in [0.15, 0.2) is 47.5 Å². The summed E-state index contributed by atoms with van der Waals surface area (Å²) in [5, 5.41) is 3.34. The number of amidine groups is 1. The Kier molecular flexibility index (Phi) is 5.59. The van der Waals surface area contributed by atoms with Crippen LogP contribution in [0.3, 0.4) is 0 Å². The summed E-state index contributed by atoms with van der Waals surface area (Å²) in [4.78, 5) is 19.1. The fourth-order valence-corrected chi connectivity index (χ4v) is 7.30. The maximum Gasteiger partial charge on any atom is 0.244 e. The number of anilines is 2. The first-order chi connectivity index (χ1) is 14.2. The third kappa shape index (κ3) is 4.52. The van der Waals surface area contributed by atoms with E-state index in [9.17, 15) is 17.6 Å². The molecule has 158 valence electrons. The lowest BCUT2D eigenvalue weighted by molar-refractivity contribution is -0.114. The number of aryl methyl sites for hydroxylation is 2. The Morgan fingerprint density at radius 1 is 1.17 bits per heavy atom. The summed E-state index contributed by atoms with van der Waals surface area (Å²) in [6, 6.07) is 11.2. The summed E-state index contributed by atoms with van der Waals surface area (Å²) < 4.78 is 37.1. The van der Waals surface area contributed by atoms with E-state index in [1.165, 1.54) is 23.9 Å². The minimum absolute atomic E-state index is 0.0173. The van der Waals surface area contributed by atoms with Gasteiger partial charge >= 0.3 is 0 Å². The van der Waals surface area contributed by atoms with Crippen molar-refractivity contribution >= 4 is 44.0 Å². The molecule has 1 amide bonds. The molecule has 6 nitrogen and oxygen atoms in total. The molecule has 0 bridgehead atoms. The second-order valence-corrected chi connectivity index (χ2v) is 11.0. The number of sulfone groups is 1. The van der Waals surface area contributed by atoms with Gasteiger partial charge in [0.15, 0.2) is 15.0 Å². The number of halogens is 1. The number of benzene rings is 2. The van der Waals surface area contributed by atoms with Crippen LogP contribution in [0.2, 0.25) is 0 Å². The Balaban J connectivity index is 1.56. The van der Waals surface area contributed by atoms with Crippen LogP contribution in [0.5, 0.6) is 0 Å². The smallest absolute Gasteiger partial charge is 0.244 e. The molecule has 0 saturated carbocycles. The van der Waals surface area contributed by atoms with E-state index in [0.717, 1.165) is 11.1 Å². The van der Waals surface area contributed by atoms with Crippen molar-refractivity contribution in [2.24, 2.45) is 4.99 Å². The number of thioether (sulfide) groups is 1. The number of rotatable bonds is 4. The van der Waals surface area contributed by atoms with Gasteiger partial charge in [-0.2, -0.15) is 0 Å². The maximum absolute atomic E-state index is 13.4. The molecule has 0 aliphatic carbocycles. The lowest BCUT2D eigenvalue weighted by Gasteiger charge is -2.24. The molecule has 1 N–H and O–H groups in total. The van der Waals surface area contributed by atoms with Crippen LogP contribution in [-0.4, -0.2) is 48.8 Å². The van der Waals surface area contributed by atoms with Gasteiger partial charge in [0.25, 0.3) is 0 Å². The van der Waals surface area contributed by atoms with Crippen molar-refractivity contribution in [3.63, 3.8) is 0 Å². The molecule has 2 heterocycles. The summed E-state index contributed by atoms with van der Waals surface area (Å²) in [6.45, 7) is 3.97. The third-order valence-corrected chi connectivity index (χ3v) is 8.51. The molecule has 9 heteroatoms. The van der Waals surface area contributed by atoms with Crippen molar-refractivity contribution in [1.29, 1.82) is 0 Å². The summed E-state index contributed by atoms with van der Waals surface area (Å²) in [5.74, 6) is -0.500. The van der Waals surface area contributed by atoms with Crippen LogP contribution in [0.25, 0.3) is 0 Å². The molecule has 1 saturated heterocycles. The molecule has 2 aliphatic heterocycles. The zero-order chi connectivity index (χ0) is 21.5. The summed E-state index contributed by atoms with van der Waals surface area (Å²) in [5.41, 5.74) is 3.54. The topological polar surface area (TPSA) is 78.8 Å². The van der Waals surface area contributed by atoms with Crippen LogP contribution in [-0.2, 0) is 14.6 Å². The first-order valence-electron chi connectivity index (χ1n) is 9.55. The Bertz CT molecular complexity index is 1120.